The number of nitrogens with zero attached hydrogens (tertiary/aromatic N) is 1. The summed E-state index contributed by atoms with van der Waals surface area (Å²) < 4.78 is 5.40. The van der Waals surface area contributed by atoms with Gasteiger partial charge in [-0.15, -0.1) is 0 Å². The molecule has 1 fully saturated rings. The zero-order chi connectivity index (χ0) is 15.1. The highest BCUT2D eigenvalue weighted by atomic mass is 16.5. The van der Waals surface area contributed by atoms with Gasteiger partial charge in [0.15, 0.2) is 0 Å². The van der Waals surface area contributed by atoms with E-state index in [0.29, 0.717) is 19.1 Å². The Hall–Kier alpha value is -1.43. The Kier molecular flexibility index (Phi) is 6.17. The van der Waals surface area contributed by atoms with Crippen LogP contribution in [0, 0.1) is 0 Å². The van der Waals surface area contributed by atoms with Gasteiger partial charge in [-0.25, -0.2) is 0 Å². The van der Waals surface area contributed by atoms with Crippen molar-refractivity contribution in [1.82, 2.24) is 4.90 Å². The molecule has 5 nitrogen and oxygen atoms in total. The van der Waals surface area contributed by atoms with E-state index in [-0.39, 0.29) is 5.91 Å². The van der Waals surface area contributed by atoms with Crippen molar-refractivity contribution in [2.75, 3.05) is 32.1 Å². The van der Waals surface area contributed by atoms with Crippen LogP contribution >= 0.6 is 0 Å². The zero-order valence-corrected chi connectivity index (χ0v) is 12.7. The summed E-state index contributed by atoms with van der Waals surface area (Å²) in [5.74, 6) is 0.0374. The van der Waals surface area contributed by atoms with E-state index in [1.807, 2.05) is 24.3 Å². The number of carbonyl (C=O) groups is 1. The van der Waals surface area contributed by atoms with Crippen molar-refractivity contribution in [3.8, 4) is 0 Å². The number of rotatable bonds is 6. The monoisotopic (exact) mass is 291 g/mol. The van der Waals surface area contributed by atoms with Crippen LogP contribution in [0.4, 0.5) is 5.69 Å². The molecule has 1 amide bonds. The van der Waals surface area contributed by atoms with Crippen LogP contribution in [-0.4, -0.2) is 43.7 Å². The topological polar surface area (TPSA) is 67.6 Å². The van der Waals surface area contributed by atoms with Crippen LogP contribution in [-0.2, 0) is 16.1 Å². The Bertz CT molecular complexity index is 465. The minimum absolute atomic E-state index is 0.0374. The second-order valence-electron chi connectivity index (χ2n) is 5.46. The lowest BCUT2D eigenvalue weighted by Crippen LogP contribution is -2.40. The predicted octanol–water partition coefficient (Wildman–Crippen LogP) is 1.58. The number of ether oxygens (including phenoxy) is 1. The number of benzene rings is 1. The fourth-order valence-corrected chi connectivity index (χ4v) is 2.70. The van der Waals surface area contributed by atoms with E-state index in [0.717, 1.165) is 43.7 Å². The van der Waals surface area contributed by atoms with Crippen LogP contribution in [0.25, 0.3) is 0 Å². The fourth-order valence-electron chi connectivity index (χ4n) is 2.70. The lowest BCUT2D eigenvalue weighted by Gasteiger charge is -2.31. The Morgan fingerprint density at radius 1 is 1.48 bits per heavy atom. The first-order chi connectivity index (χ1) is 10.2. The average molecular weight is 291 g/mol. The van der Waals surface area contributed by atoms with Crippen LogP contribution in [0.1, 0.15) is 24.8 Å². The molecule has 116 valence electrons. The van der Waals surface area contributed by atoms with Gasteiger partial charge in [-0.3, -0.25) is 4.79 Å². The SMILES string of the molecule is COC1CCCN(CCC(=O)Nc2ccccc2CN)C1. The van der Waals surface area contributed by atoms with Crippen LogP contribution in [0.5, 0.6) is 0 Å². The number of nitrogens with two attached hydrogens (primary N) is 1. The van der Waals surface area contributed by atoms with Gasteiger partial charge in [-0.1, -0.05) is 18.2 Å². The minimum atomic E-state index is 0.0374. The fraction of sp³-hybridized carbons (Fsp3) is 0.562. The highest BCUT2D eigenvalue weighted by molar-refractivity contribution is 5.91. The third-order valence-corrected chi connectivity index (χ3v) is 3.96. The van der Waals surface area contributed by atoms with Crippen molar-refractivity contribution in [3.63, 3.8) is 0 Å². The molecular weight excluding hydrogens is 266 g/mol. The molecule has 1 unspecified atom stereocenters. The summed E-state index contributed by atoms with van der Waals surface area (Å²) in [6.45, 7) is 3.17. The number of hydrogen-bond donors (Lipinski definition) is 2. The number of carbonyl (C=O) groups excluding carboxylic acids is 1. The molecule has 0 spiro atoms. The highest BCUT2D eigenvalue weighted by Crippen LogP contribution is 2.15. The third-order valence-electron chi connectivity index (χ3n) is 3.96. The standard InChI is InChI=1S/C16H25N3O2/c1-21-14-6-4-9-19(12-14)10-8-16(20)18-15-7-3-2-5-13(15)11-17/h2-3,5,7,14H,4,6,8-12,17H2,1H3,(H,18,20). The van der Waals surface area contributed by atoms with Gasteiger partial charge in [0.1, 0.15) is 0 Å². The van der Waals surface area contributed by atoms with E-state index in [4.69, 9.17) is 10.5 Å². The lowest BCUT2D eigenvalue weighted by molar-refractivity contribution is -0.116. The number of nitrogens with one attached hydrogen (secondary N) is 1. The number of methoxy groups -OCH3 is 1. The van der Waals surface area contributed by atoms with Gasteiger partial charge in [-0.05, 0) is 31.0 Å². The molecule has 2 rings (SSSR count). The van der Waals surface area contributed by atoms with Gasteiger partial charge in [0, 0.05) is 38.9 Å². The average Bonchev–Trinajstić information content (AvgIpc) is 2.53. The molecule has 1 aliphatic heterocycles. The van der Waals surface area contributed by atoms with E-state index < -0.39 is 0 Å². The van der Waals surface area contributed by atoms with Crippen LogP contribution in [0.3, 0.4) is 0 Å². The van der Waals surface area contributed by atoms with E-state index in [9.17, 15) is 4.79 Å². The second-order valence-corrected chi connectivity index (χ2v) is 5.46. The maximum atomic E-state index is 12.1. The largest absolute Gasteiger partial charge is 0.380 e. The summed E-state index contributed by atoms with van der Waals surface area (Å²) >= 11 is 0. The molecule has 5 heteroatoms. The number of piperidine rings is 1. The number of amides is 1. The molecule has 21 heavy (non-hydrogen) atoms. The lowest BCUT2D eigenvalue weighted by atomic mass is 10.1. The zero-order valence-electron chi connectivity index (χ0n) is 12.7. The molecule has 0 saturated carbocycles. The summed E-state index contributed by atoms with van der Waals surface area (Å²) in [6.07, 6.45) is 3.05. The molecule has 1 aromatic rings. The highest BCUT2D eigenvalue weighted by Gasteiger charge is 2.19. The molecule has 0 radical (unpaired) electrons. The Balaban J connectivity index is 1.79. The molecule has 0 aliphatic carbocycles. The quantitative estimate of drug-likeness (QED) is 0.835. The second kappa shape index (κ2) is 8.12. The van der Waals surface area contributed by atoms with E-state index in [1.165, 1.54) is 0 Å². The van der Waals surface area contributed by atoms with Crippen LogP contribution < -0.4 is 11.1 Å². The van der Waals surface area contributed by atoms with Gasteiger partial charge in [0.05, 0.1) is 6.10 Å². The van der Waals surface area contributed by atoms with Crippen molar-refractivity contribution in [3.05, 3.63) is 29.8 Å². The Morgan fingerprint density at radius 2 is 2.29 bits per heavy atom. The van der Waals surface area contributed by atoms with E-state index in [2.05, 4.69) is 10.2 Å². The molecule has 1 aliphatic rings. The van der Waals surface area contributed by atoms with Crippen LogP contribution in [0.2, 0.25) is 0 Å². The number of anilines is 1. The summed E-state index contributed by atoms with van der Waals surface area (Å²) in [4.78, 5) is 14.4. The normalized spacial score (nSPS) is 19.4. The van der Waals surface area contributed by atoms with Crippen molar-refractivity contribution < 1.29 is 9.53 Å². The first kappa shape index (κ1) is 15.9. The number of hydrogen-bond acceptors (Lipinski definition) is 4. The first-order valence-electron chi connectivity index (χ1n) is 7.56. The van der Waals surface area contributed by atoms with E-state index in [1.54, 1.807) is 7.11 Å². The minimum Gasteiger partial charge on any atom is -0.380 e. The summed E-state index contributed by atoms with van der Waals surface area (Å²) in [5.41, 5.74) is 7.45. The molecule has 1 atom stereocenters. The smallest absolute Gasteiger partial charge is 0.225 e. The van der Waals surface area contributed by atoms with Gasteiger partial charge in [0.2, 0.25) is 5.91 Å². The van der Waals surface area contributed by atoms with Gasteiger partial charge in [-0.2, -0.15) is 0 Å². The molecule has 1 aromatic carbocycles. The van der Waals surface area contributed by atoms with Crippen LogP contribution in [0.15, 0.2) is 24.3 Å². The molecule has 1 saturated heterocycles. The third kappa shape index (κ3) is 4.81. The van der Waals surface area contributed by atoms with Crippen molar-refractivity contribution in [1.29, 1.82) is 0 Å². The molecule has 3 N–H and O–H groups in total. The molecule has 1 heterocycles. The van der Waals surface area contributed by atoms with Gasteiger partial charge in [0.25, 0.3) is 0 Å². The summed E-state index contributed by atoms with van der Waals surface area (Å²) in [6, 6.07) is 7.66. The Labute approximate surface area is 126 Å². The van der Waals surface area contributed by atoms with Crippen molar-refractivity contribution in [2.45, 2.75) is 31.9 Å². The summed E-state index contributed by atoms with van der Waals surface area (Å²) in [5, 5.41) is 2.95. The van der Waals surface area contributed by atoms with Crippen molar-refractivity contribution in [2.24, 2.45) is 5.73 Å². The van der Waals surface area contributed by atoms with Crippen molar-refractivity contribution >= 4 is 11.6 Å². The number of likely N-dealkylation sites (tertiary alicyclic amines) is 1. The maximum Gasteiger partial charge on any atom is 0.225 e. The Morgan fingerprint density at radius 3 is 3.05 bits per heavy atom. The molecule has 0 bridgehead atoms. The molecular formula is C16H25N3O2. The summed E-state index contributed by atoms with van der Waals surface area (Å²) in [7, 11) is 1.75. The number of para-hydroxylation sites is 1. The molecule has 0 aromatic heterocycles. The van der Waals surface area contributed by atoms with Gasteiger partial charge >= 0.3 is 0 Å². The van der Waals surface area contributed by atoms with E-state index >= 15 is 0 Å². The maximum absolute atomic E-state index is 12.1. The first-order valence-corrected chi connectivity index (χ1v) is 7.56. The van der Waals surface area contributed by atoms with Gasteiger partial charge < -0.3 is 20.7 Å². The predicted molar refractivity (Wildman–Crippen MR) is 84.1 cm³/mol.